The third-order valence-electron chi connectivity index (χ3n) is 2.44. The Bertz CT molecular complexity index is 341. The van der Waals surface area contributed by atoms with E-state index in [0.29, 0.717) is 19.1 Å². The van der Waals surface area contributed by atoms with E-state index in [-0.39, 0.29) is 0 Å². The van der Waals surface area contributed by atoms with E-state index in [2.05, 4.69) is 23.0 Å². The van der Waals surface area contributed by atoms with Crippen LogP contribution in [0.4, 0.5) is 0 Å². The summed E-state index contributed by atoms with van der Waals surface area (Å²) in [4.78, 5) is 6.69. The van der Waals surface area contributed by atoms with Gasteiger partial charge < -0.3 is 9.47 Å². The van der Waals surface area contributed by atoms with Gasteiger partial charge in [-0.2, -0.15) is 0 Å². The molecule has 2 rings (SSSR count). The molecule has 1 aromatic rings. The van der Waals surface area contributed by atoms with Crippen LogP contribution in [0.25, 0.3) is 0 Å². The average Bonchev–Trinajstić information content (AvgIpc) is 2.57. The largest absolute Gasteiger partial charge is 0.475 e. The predicted molar refractivity (Wildman–Crippen MR) is 56.8 cm³/mol. The van der Waals surface area contributed by atoms with Gasteiger partial charge in [-0.05, 0) is 12.6 Å². The molecule has 0 aliphatic carbocycles. The van der Waals surface area contributed by atoms with Crippen molar-refractivity contribution in [2.45, 2.75) is 13.1 Å². The summed E-state index contributed by atoms with van der Waals surface area (Å²) in [6.45, 7) is 3.05. The van der Waals surface area contributed by atoms with Gasteiger partial charge >= 0.3 is 0 Å². The maximum Gasteiger partial charge on any atom is 0.213 e. The highest BCUT2D eigenvalue weighted by atomic mass is 16.5. The van der Waals surface area contributed by atoms with Crippen LogP contribution >= 0.6 is 0 Å². The summed E-state index contributed by atoms with van der Waals surface area (Å²) >= 11 is 0. The molecule has 0 unspecified atom stereocenters. The van der Waals surface area contributed by atoms with Crippen molar-refractivity contribution in [1.82, 2.24) is 9.88 Å². The highest BCUT2D eigenvalue weighted by Gasteiger charge is 2.17. The van der Waals surface area contributed by atoms with Crippen LogP contribution in [-0.2, 0) is 17.8 Å². The normalized spacial score (nSPS) is 15.3. The summed E-state index contributed by atoms with van der Waals surface area (Å²) in [5.41, 5.74) is 2.43. The zero-order chi connectivity index (χ0) is 10.7. The third kappa shape index (κ3) is 2.46. The van der Waals surface area contributed by atoms with E-state index in [1.807, 2.05) is 6.07 Å². The van der Waals surface area contributed by atoms with Crippen molar-refractivity contribution in [1.29, 1.82) is 0 Å². The minimum atomic E-state index is 0.554. The first-order chi connectivity index (χ1) is 7.29. The summed E-state index contributed by atoms with van der Waals surface area (Å²) in [6.07, 6.45) is 0. The molecule has 0 bridgehead atoms. The topological polar surface area (TPSA) is 34.6 Å². The fourth-order valence-electron chi connectivity index (χ4n) is 1.70. The highest BCUT2D eigenvalue weighted by molar-refractivity contribution is 5.28. The summed E-state index contributed by atoms with van der Waals surface area (Å²) in [5, 5.41) is 0. The molecule has 0 atom stereocenters. The van der Waals surface area contributed by atoms with Crippen LogP contribution in [0.5, 0.6) is 5.88 Å². The minimum absolute atomic E-state index is 0.554. The number of methoxy groups -OCH3 is 1. The zero-order valence-corrected chi connectivity index (χ0v) is 9.19. The molecule has 82 valence electrons. The number of nitrogens with zero attached hydrogens (tertiary/aromatic N) is 2. The maximum atomic E-state index is 5.45. The Morgan fingerprint density at radius 3 is 3.00 bits per heavy atom. The summed E-state index contributed by atoms with van der Waals surface area (Å²) in [6, 6.07) is 4.02. The van der Waals surface area contributed by atoms with Crippen molar-refractivity contribution in [3.05, 3.63) is 23.4 Å². The van der Waals surface area contributed by atoms with Crippen LogP contribution in [0.3, 0.4) is 0 Å². The molecule has 2 heterocycles. The first-order valence-electron chi connectivity index (χ1n) is 5.08. The monoisotopic (exact) mass is 208 g/mol. The summed E-state index contributed by atoms with van der Waals surface area (Å²) in [5.74, 6) is 0.695. The second-order valence-electron chi connectivity index (χ2n) is 3.77. The van der Waals surface area contributed by atoms with E-state index in [1.54, 1.807) is 7.11 Å². The van der Waals surface area contributed by atoms with Crippen molar-refractivity contribution < 1.29 is 9.47 Å². The molecule has 0 radical (unpaired) electrons. The molecule has 4 nitrogen and oxygen atoms in total. The lowest BCUT2D eigenvalue weighted by Gasteiger charge is -2.05. The minimum Gasteiger partial charge on any atom is -0.475 e. The van der Waals surface area contributed by atoms with Gasteiger partial charge in [0.2, 0.25) is 5.88 Å². The Balaban J connectivity index is 2.00. The molecular weight excluding hydrogens is 192 g/mol. The molecule has 0 spiro atoms. The van der Waals surface area contributed by atoms with Crippen LogP contribution in [0.1, 0.15) is 11.3 Å². The fraction of sp³-hybridized carbons (Fsp3) is 0.545. The van der Waals surface area contributed by atoms with Gasteiger partial charge in [-0.25, -0.2) is 4.98 Å². The molecule has 0 saturated carbocycles. The molecule has 1 aliphatic rings. The summed E-state index contributed by atoms with van der Waals surface area (Å²) in [7, 11) is 3.75. The lowest BCUT2D eigenvalue weighted by atomic mass is 10.2. The number of ether oxygens (including phenoxy) is 2. The third-order valence-corrected chi connectivity index (χ3v) is 2.44. The molecule has 0 saturated heterocycles. The smallest absolute Gasteiger partial charge is 0.213 e. The van der Waals surface area contributed by atoms with E-state index in [4.69, 9.17) is 9.47 Å². The van der Waals surface area contributed by atoms with Crippen LogP contribution in [-0.4, -0.2) is 37.3 Å². The van der Waals surface area contributed by atoms with Crippen molar-refractivity contribution in [2.75, 3.05) is 27.4 Å². The van der Waals surface area contributed by atoms with Crippen LogP contribution in [0, 0.1) is 0 Å². The van der Waals surface area contributed by atoms with Gasteiger partial charge in [0.05, 0.1) is 12.3 Å². The second kappa shape index (κ2) is 4.59. The van der Waals surface area contributed by atoms with E-state index in [0.717, 1.165) is 18.8 Å². The van der Waals surface area contributed by atoms with Crippen molar-refractivity contribution >= 4 is 0 Å². The average molecular weight is 208 g/mol. The molecule has 0 aromatic carbocycles. The Morgan fingerprint density at radius 1 is 1.33 bits per heavy atom. The Labute approximate surface area is 89.8 Å². The van der Waals surface area contributed by atoms with Crippen molar-refractivity contribution in [3.63, 3.8) is 0 Å². The number of hydrogen-bond donors (Lipinski definition) is 0. The van der Waals surface area contributed by atoms with E-state index < -0.39 is 0 Å². The summed E-state index contributed by atoms with van der Waals surface area (Å²) < 4.78 is 10.4. The first kappa shape index (κ1) is 10.4. The Kier molecular flexibility index (Phi) is 3.18. The van der Waals surface area contributed by atoms with Gasteiger partial charge in [0.15, 0.2) is 0 Å². The van der Waals surface area contributed by atoms with E-state index in [1.165, 1.54) is 5.56 Å². The highest BCUT2D eigenvalue weighted by Crippen LogP contribution is 2.21. The van der Waals surface area contributed by atoms with Crippen LogP contribution < -0.4 is 4.74 Å². The van der Waals surface area contributed by atoms with Crippen molar-refractivity contribution in [2.24, 2.45) is 0 Å². The van der Waals surface area contributed by atoms with Gasteiger partial charge in [0.1, 0.15) is 6.61 Å². The van der Waals surface area contributed by atoms with Crippen molar-refractivity contribution in [3.8, 4) is 5.88 Å². The van der Waals surface area contributed by atoms with Gasteiger partial charge in [-0.15, -0.1) is 0 Å². The van der Waals surface area contributed by atoms with Crippen LogP contribution in [0.15, 0.2) is 12.1 Å². The second-order valence-corrected chi connectivity index (χ2v) is 3.77. The number of pyridine rings is 1. The van der Waals surface area contributed by atoms with Crippen LogP contribution in [0.2, 0.25) is 0 Å². The van der Waals surface area contributed by atoms with E-state index >= 15 is 0 Å². The molecule has 0 amide bonds. The van der Waals surface area contributed by atoms with E-state index in [9.17, 15) is 0 Å². The van der Waals surface area contributed by atoms with Gasteiger partial charge in [0.25, 0.3) is 0 Å². The molecule has 1 aliphatic heterocycles. The molecule has 4 heteroatoms. The number of aromatic nitrogens is 1. The standard InChI is InChI=1S/C11H16N2O2/c1-13-7-9-3-4-11(12-10(9)8-13)15-6-5-14-2/h3-4H,5-8H2,1-2H3. The lowest BCUT2D eigenvalue weighted by molar-refractivity contribution is 0.143. The first-order valence-corrected chi connectivity index (χ1v) is 5.08. The fourth-order valence-corrected chi connectivity index (χ4v) is 1.70. The lowest BCUT2D eigenvalue weighted by Crippen LogP contribution is -2.08. The van der Waals surface area contributed by atoms with Gasteiger partial charge in [0, 0.05) is 26.3 Å². The Morgan fingerprint density at radius 2 is 2.20 bits per heavy atom. The predicted octanol–water partition coefficient (Wildman–Crippen LogP) is 1.05. The molecule has 1 aromatic heterocycles. The maximum absolute atomic E-state index is 5.45. The zero-order valence-electron chi connectivity index (χ0n) is 9.19. The molecule has 0 fully saturated rings. The molecular formula is C11H16N2O2. The van der Waals surface area contributed by atoms with Gasteiger partial charge in [-0.1, -0.05) is 6.07 Å². The quantitative estimate of drug-likeness (QED) is 0.693. The SMILES string of the molecule is COCCOc1ccc2c(n1)CN(C)C2. The Hall–Kier alpha value is -1.13. The molecule has 0 N–H and O–H groups in total. The number of hydrogen-bond acceptors (Lipinski definition) is 4. The number of fused-ring (bicyclic) bond motifs is 1. The van der Waals surface area contributed by atoms with Gasteiger partial charge in [-0.3, -0.25) is 4.90 Å². The molecule has 15 heavy (non-hydrogen) atoms. The number of rotatable bonds is 4.